The summed E-state index contributed by atoms with van der Waals surface area (Å²) in [6, 6.07) is 12.2. The number of carbonyl (C=O) groups excluding carboxylic acids is 3. The molecule has 1 aliphatic rings. The zero-order chi connectivity index (χ0) is 21.2. The van der Waals surface area contributed by atoms with Crippen LogP contribution >= 0.6 is 11.6 Å². The van der Waals surface area contributed by atoms with E-state index in [1.54, 1.807) is 6.07 Å². The molecule has 3 rings (SSSR count). The number of nitrogens with one attached hydrogen (secondary N) is 2. The van der Waals surface area contributed by atoms with Gasteiger partial charge < -0.3 is 10.6 Å². The summed E-state index contributed by atoms with van der Waals surface area (Å²) in [6.45, 7) is 5.31. The predicted octanol–water partition coefficient (Wildman–Crippen LogP) is 4.14. The molecule has 0 unspecified atom stereocenters. The summed E-state index contributed by atoms with van der Waals surface area (Å²) >= 11 is 6.24. The fourth-order valence-corrected chi connectivity index (χ4v) is 4.14. The second kappa shape index (κ2) is 8.25. The second-order valence-corrected chi connectivity index (χ2v) is 7.74. The van der Waals surface area contributed by atoms with Gasteiger partial charge in [0.2, 0.25) is 5.91 Å². The summed E-state index contributed by atoms with van der Waals surface area (Å²) in [5.74, 6) is -0.903. The van der Waals surface area contributed by atoms with Gasteiger partial charge in [-0.15, -0.1) is 0 Å². The smallest absolute Gasteiger partial charge is 0.323 e. The van der Waals surface area contributed by atoms with E-state index in [-0.39, 0.29) is 6.54 Å². The Morgan fingerprint density at radius 3 is 2.48 bits per heavy atom. The van der Waals surface area contributed by atoms with E-state index < -0.39 is 23.4 Å². The highest BCUT2D eigenvalue weighted by molar-refractivity contribution is 6.34. The van der Waals surface area contributed by atoms with Gasteiger partial charge in [-0.3, -0.25) is 14.5 Å². The highest BCUT2D eigenvalue weighted by Crippen LogP contribution is 2.34. The van der Waals surface area contributed by atoms with Gasteiger partial charge in [-0.25, -0.2) is 4.79 Å². The highest BCUT2D eigenvalue weighted by Gasteiger charge is 2.52. The Hall–Kier alpha value is -2.86. The van der Waals surface area contributed by atoms with Crippen LogP contribution in [-0.2, 0) is 15.1 Å². The lowest BCUT2D eigenvalue weighted by Crippen LogP contribution is -2.44. The van der Waals surface area contributed by atoms with Crippen molar-refractivity contribution < 1.29 is 14.4 Å². The van der Waals surface area contributed by atoms with Crippen molar-refractivity contribution in [1.29, 1.82) is 0 Å². The van der Waals surface area contributed by atoms with Crippen molar-refractivity contribution in [2.45, 2.75) is 39.2 Å². The average molecular weight is 414 g/mol. The van der Waals surface area contributed by atoms with Crippen LogP contribution < -0.4 is 10.6 Å². The first-order valence-corrected chi connectivity index (χ1v) is 9.92. The third-order valence-electron chi connectivity index (χ3n) is 5.07. The molecule has 6 nitrogen and oxygen atoms in total. The molecule has 2 N–H and O–H groups in total. The van der Waals surface area contributed by atoms with E-state index in [4.69, 9.17) is 11.6 Å². The molecule has 2 aromatic carbocycles. The molecular weight excluding hydrogens is 390 g/mol. The Labute approximate surface area is 175 Å². The van der Waals surface area contributed by atoms with Crippen LogP contribution in [0, 0.1) is 13.8 Å². The molecule has 0 radical (unpaired) electrons. The summed E-state index contributed by atoms with van der Waals surface area (Å²) in [5.41, 5.74) is 1.83. The Balaban J connectivity index is 1.82. The summed E-state index contributed by atoms with van der Waals surface area (Å²) in [5, 5.41) is 5.96. The van der Waals surface area contributed by atoms with E-state index in [1.807, 2.05) is 57.2 Å². The predicted molar refractivity (Wildman–Crippen MR) is 113 cm³/mol. The zero-order valence-corrected chi connectivity index (χ0v) is 17.5. The second-order valence-electron chi connectivity index (χ2n) is 7.33. The molecule has 1 fully saturated rings. The van der Waals surface area contributed by atoms with Crippen molar-refractivity contribution in [3.05, 3.63) is 64.2 Å². The van der Waals surface area contributed by atoms with Gasteiger partial charge in [-0.1, -0.05) is 61.3 Å². The van der Waals surface area contributed by atoms with Crippen molar-refractivity contribution in [2.24, 2.45) is 0 Å². The summed E-state index contributed by atoms with van der Waals surface area (Å²) in [4.78, 5) is 39.4. The van der Waals surface area contributed by atoms with Crippen LogP contribution in [-0.4, -0.2) is 29.3 Å². The molecule has 4 amide bonds. The van der Waals surface area contributed by atoms with Crippen molar-refractivity contribution >= 4 is 35.1 Å². The normalized spacial score (nSPS) is 18.7. The number of amides is 4. The molecule has 7 heteroatoms. The number of imide groups is 1. The lowest BCUT2D eigenvalue weighted by molar-refractivity contribution is -0.134. The zero-order valence-electron chi connectivity index (χ0n) is 16.7. The molecule has 29 heavy (non-hydrogen) atoms. The van der Waals surface area contributed by atoms with Gasteiger partial charge in [0.05, 0.1) is 10.7 Å². The first-order chi connectivity index (χ1) is 13.8. The monoisotopic (exact) mass is 413 g/mol. The van der Waals surface area contributed by atoms with Crippen LogP contribution in [0.5, 0.6) is 0 Å². The van der Waals surface area contributed by atoms with Gasteiger partial charge >= 0.3 is 6.03 Å². The molecule has 0 saturated carbocycles. The average Bonchev–Trinajstić information content (AvgIpc) is 2.91. The first-order valence-electron chi connectivity index (χ1n) is 9.54. The molecule has 0 aliphatic carbocycles. The molecule has 0 spiro atoms. The lowest BCUT2D eigenvalue weighted by atomic mass is 9.85. The summed E-state index contributed by atoms with van der Waals surface area (Å²) in [6.07, 6.45) is 1.14. The van der Waals surface area contributed by atoms with Crippen LogP contribution in [0.4, 0.5) is 10.5 Å². The first kappa shape index (κ1) is 20.9. The maximum absolute atomic E-state index is 13.2. The SMILES string of the molecule is CCC[C@]1(c2ccccc2)NC(=O)N(CC(=O)Nc2c(C)cc(C)cc2Cl)C1=O. The van der Waals surface area contributed by atoms with Crippen molar-refractivity contribution in [1.82, 2.24) is 10.2 Å². The summed E-state index contributed by atoms with van der Waals surface area (Å²) < 4.78 is 0. The molecule has 152 valence electrons. The van der Waals surface area contributed by atoms with Gasteiger partial charge in [0, 0.05) is 0 Å². The quantitative estimate of drug-likeness (QED) is 0.698. The largest absolute Gasteiger partial charge is 0.325 e. The third kappa shape index (κ3) is 3.98. The number of nitrogens with zero attached hydrogens (tertiary/aromatic N) is 1. The van der Waals surface area contributed by atoms with E-state index in [9.17, 15) is 14.4 Å². The van der Waals surface area contributed by atoms with E-state index >= 15 is 0 Å². The Bertz CT molecular complexity index is 938. The topological polar surface area (TPSA) is 78.5 Å². The highest BCUT2D eigenvalue weighted by atomic mass is 35.5. The molecule has 0 aromatic heterocycles. The standard InChI is InChI=1S/C22H24ClN3O3/c1-4-10-22(16-8-6-5-7-9-16)20(28)26(21(29)25-22)13-18(27)24-19-15(3)11-14(2)12-17(19)23/h5-9,11-12H,4,10,13H2,1-3H3,(H,24,27)(H,25,29)/t22-/m1/s1. The number of hydrogen-bond donors (Lipinski definition) is 2. The van der Waals surface area contributed by atoms with E-state index in [2.05, 4.69) is 10.6 Å². The van der Waals surface area contributed by atoms with Crippen LogP contribution in [0.15, 0.2) is 42.5 Å². The fourth-order valence-electron chi connectivity index (χ4n) is 3.77. The fraction of sp³-hybridized carbons (Fsp3) is 0.318. The minimum atomic E-state index is -1.15. The van der Waals surface area contributed by atoms with E-state index in [0.717, 1.165) is 16.0 Å². The Morgan fingerprint density at radius 1 is 1.17 bits per heavy atom. The van der Waals surface area contributed by atoms with Gasteiger partial charge in [0.25, 0.3) is 5.91 Å². The molecule has 0 bridgehead atoms. The van der Waals surface area contributed by atoms with Gasteiger partial charge in [0.1, 0.15) is 12.1 Å². The molecule has 1 aliphatic heterocycles. The maximum atomic E-state index is 13.2. The maximum Gasteiger partial charge on any atom is 0.325 e. The number of rotatable bonds is 6. The molecule has 1 saturated heterocycles. The molecular formula is C22H24ClN3O3. The molecule has 2 aromatic rings. The van der Waals surface area contributed by atoms with Crippen LogP contribution in [0.25, 0.3) is 0 Å². The lowest BCUT2D eigenvalue weighted by Gasteiger charge is -2.26. The Kier molecular flexibility index (Phi) is 5.94. The van der Waals surface area contributed by atoms with Crippen molar-refractivity contribution in [3.8, 4) is 0 Å². The number of carbonyl (C=O) groups is 3. The number of aryl methyl sites for hydroxylation is 2. The van der Waals surface area contributed by atoms with Gasteiger partial charge in [-0.2, -0.15) is 0 Å². The van der Waals surface area contributed by atoms with Crippen LogP contribution in [0.1, 0.15) is 36.5 Å². The number of benzene rings is 2. The number of anilines is 1. The van der Waals surface area contributed by atoms with Crippen LogP contribution in [0.2, 0.25) is 5.02 Å². The number of halogens is 1. The van der Waals surface area contributed by atoms with E-state index in [1.165, 1.54) is 0 Å². The minimum Gasteiger partial charge on any atom is -0.323 e. The minimum absolute atomic E-state index is 0.382. The number of urea groups is 1. The van der Waals surface area contributed by atoms with Gasteiger partial charge in [-0.05, 0) is 43.0 Å². The molecule has 1 atom stereocenters. The van der Waals surface area contributed by atoms with Crippen LogP contribution in [0.3, 0.4) is 0 Å². The summed E-state index contributed by atoms with van der Waals surface area (Å²) in [7, 11) is 0. The number of hydrogen-bond acceptors (Lipinski definition) is 3. The Morgan fingerprint density at radius 2 is 1.86 bits per heavy atom. The van der Waals surface area contributed by atoms with E-state index in [0.29, 0.717) is 29.1 Å². The molecule has 1 heterocycles. The van der Waals surface area contributed by atoms with Crippen molar-refractivity contribution in [2.75, 3.05) is 11.9 Å². The van der Waals surface area contributed by atoms with Crippen molar-refractivity contribution in [3.63, 3.8) is 0 Å². The van der Waals surface area contributed by atoms with Gasteiger partial charge in [0.15, 0.2) is 0 Å². The third-order valence-corrected chi connectivity index (χ3v) is 5.36.